The maximum absolute atomic E-state index is 10.4. The maximum atomic E-state index is 10.4. The minimum absolute atomic E-state index is 0.665. The molecule has 14 heavy (non-hydrogen) atoms. The van der Waals surface area contributed by atoms with Gasteiger partial charge in [-0.15, -0.1) is 0 Å². The number of aldehydes is 1. The van der Waals surface area contributed by atoms with Crippen molar-refractivity contribution in [2.75, 3.05) is 32.2 Å². The quantitative estimate of drug-likeness (QED) is 0.530. The predicted octanol–water partition coefficient (Wildman–Crippen LogP) is 1.43. The van der Waals surface area contributed by atoms with E-state index in [0.29, 0.717) is 4.88 Å². The average Bonchev–Trinajstić information content (AvgIpc) is 2.66. The third-order valence-electron chi connectivity index (χ3n) is 1.80. The Morgan fingerprint density at radius 1 is 1.71 bits per heavy atom. The number of carbonyl (C=O) groups is 1. The fourth-order valence-corrected chi connectivity index (χ4v) is 1.77. The van der Waals surface area contributed by atoms with Gasteiger partial charge in [-0.1, -0.05) is 11.3 Å². The first-order valence-corrected chi connectivity index (χ1v) is 5.20. The van der Waals surface area contributed by atoms with Crippen molar-refractivity contribution < 1.29 is 9.53 Å². The predicted molar refractivity (Wildman–Crippen MR) is 57.3 cm³/mol. The third kappa shape index (κ3) is 3.08. The van der Waals surface area contributed by atoms with Gasteiger partial charge < -0.3 is 9.64 Å². The van der Waals surface area contributed by atoms with Crippen molar-refractivity contribution in [3.63, 3.8) is 0 Å². The second-order valence-corrected chi connectivity index (χ2v) is 3.97. The molecular formula is C9H14N2O2S. The minimum Gasteiger partial charge on any atom is -0.385 e. The normalized spacial score (nSPS) is 10.1. The van der Waals surface area contributed by atoms with Crippen molar-refractivity contribution in [2.24, 2.45) is 0 Å². The summed E-state index contributed by atoms with van der Waals surface area (Å²) >= 11 is 1.40. The number of methoxy groups -OCH3 is 1. The van der Waals surface area contributed by atoms with Gasteiger partial charge in [-0.25, -0.2) is 4.98 Å². The average molecular weight is 214 g/mol. The molecule has 1 aromatic heterocycles. The molecule has 5 heteroatoms. The van der Waals surface area contributed by atoms with Crippen molar-refractivity contribution in [1.29, 1.82) is 0 Å². The van der Waals surface area contributed by atoms with Crippen LogP contribution in [0.15, 0.2) is 6.20 Å². The molecule has 4 nitrogen and oxygen atoms in total. The Bertz CT molecular complexity index is 288. The van der Waals surface area contributed by atoms with E-state index >= 15 is 0 Å². The van der Waals surface area contributed by atoms with Crippen molar-refractivity contribution in [3.05, 3.63) is 11.1 Å². The van der Waals surface area contributed by atoms with Crippen LogP contribution in [0.25, 0.3) is 0 Å². The first kappa shape index (κ1) is 11.1. The van der Waals surface area contributed by atoms with Crippen LogP contribution >= 0.6 is 11.3 Å². The summed E-state index contributed by atoms with van der Waals surface area (Å²) in [4.78, 5) is 17.3. The summed E-state index contributed by atoms with van der Waals surface area (Å²) in [6.45, 7) is 1.63. The molecule has 0 aromatic carbocycles. The van der Waals surface area contributed by atoms with E-state index in [-0.39, 0.29) is 0 Å². The lowest BCUT2D eigenvalue weighted by Crippen LogP contribution is -2.19. The van der Waals surface area contributed by atoms with E-state index < -0.39 is 0 Å². The second-order valence-electron chi connectivity index (χ2n) is 2.93. The minimum atomic E-state index is 0.665. The van der Waals surface area contributed by atoms with Gasteiger partial charge in [0.1, 0.15) is 0 Å². The summed E-state index contributed by atoms with van der Waals surface area (Å²) < 4.78 is 4.95. The van der Waals surface area contributed by atoms with E-state index in [1.165, 1.54) is 11.3 Å². The summed E-state index contributed by atoms with van der Waals surface area (Å²) in [5.41, 5.74) is 0. The first-order chi connectivity index (χ1) is 6.77. The van der Waals surface area contributed by atoms with Crippen LogP contribution in [0, 0.1) is 0 Å². The van der Waals surface area contributed by atoms with Gasteiger partial charge in [-0.05, 0) is 6.42 Å². The zero-order valence-electron chi connectivity index (χ0n) is 8.40. The number of nitrogens with zero attached hydrogens (tertiary/aromatic N) is 2. The molecule has 0 amide bonds. The number of anilines is 1. The number of ether oxygens (including phenoxy) is 1. The summed E-state index contributed by atoms with van der Waals surface area (Å²) in [6.07, 6.45) is 3.38. The molecule has 0 saturated carbocycles. The van der Waals surface area contributed by atoms with Crippen LogP contribution in [0.1, 0.15) is 16.1 Å². The number of hydrogen-bond donors (Lipinski definition) is 0. The van der Waals surface area contributed by atoms with Gasteiger partial charge >= 0.3 is 0 Å². The van der Waals surface area contributed by atoms with Gasteiger partial charge in [-0.2, -0.15) is 0 Å². The molecule has 1 aromatic rings. The molecule has 0 aliphatic carbocycles. The monoisotopic (exact) mass is 214 g/mol. The van der Waals surface area contributed by atoms with Crippen LogP contribution in [0.2, 0.25) is 0 Å². The molecule has 0 aliphatic heterocycles. The second kappa shape index (κ2) is 5.72. The van der Waals surface area contributed by atoms with Crippen molar-refractivity contribution in [3.8, 4) is 0 Å². The number of carbonyl (C=O) groups excluding carboxylic acids is 1. The van der Waals surface area contributed by atoms with Gasteiger partial charge in [0.15, 0.2) is 11.4 Å². The molecule has 0 atom stereocenters. The maximum Gasteiger partial charge on any atom is 0.185 e. The highest BCUT2D eigenvalue weighted by Gasteiger charge is 2.05. The van der Waals surface area contributed by atoms with E-state index in [2.05, 4.69) is 4.98 Å². The molecule has 0 saturated heterocycles. The van der Waals surface area contributed by atoms with E-state index in [9.17, 15) is 4.79 Å². The molecule has 1 heterocycles. The summed E-state index contributed by atoms with van der Waals surface area (Å²) in [5, 5.41) is 0.878. The van der Waals surface area contributed by atoms with Crippen LogP contribution in [-0.2, 0) is 4.74 Å². The Labute approximate surface area is 87.5 Å². The molecule has 0 N–H and O–H groups in total. The van der Waals surface area contributed by atoms with E-state index in [4.69, 9.17) is 4.74 Å². The van der Waals surface area contributed by atoms with E-state index in [1.807, 2.05) is 11.9 Å². The topological polar surface area (TPSA) is 42.4 Å². The lowest BCUT2D eigenvalue weighted by Gasteiger charge is -2.14. The highest BCUT2D eigenvalue weighted by Crippen LogP contribution is 2.19. The Hall–Kier alpha value is -0.940. The van der Waals surface area contributed by atoms with Crippen molar-refractivity contribution >= 4 is 22.8 Å². The van der Waals surface area contributed by atoms with Crippen LogP contribution < -0.4 is 4.90 Å². The summed E-state index contributed by atoms with van der Waals surface area (Å²) in [5.74, 6) is 0. The van der Waals surface area contributed by atoms with Gasteiger partial charge in [-0.3, -0.25) is 4.79 Å². The Balaban J connectivity index is 2.43. The number of rotatable bonds is 6. The highest BCUT2D eigenvalue weighted by molar-refractivity contribution is 7.17. The van der Waals surface area contributed by atoms with E-state index in [0.717, 1.165) is 31.0 Å². The zero-order chi connectivity index (χ0) is 10.4. The van der Waals surface area contributed by atoms with Gasteiger partial charge in [0.05, 0.1) is 11.1 Å². The lowest BCUT2D eigenvalue weighted by atomic mass is 10.4. The Kier molecular flexibility index (Phi) is 4.55. The molecule has 0 fully saturated rings. The molecule has 0 bridgehead atoms. The van der Waals surface area contributed by atoms with E-state index in [1.54, 1.807) is 13.3 Å². The van der Waals surface area contributed by atoms with Gasteiger partial charge in [0, 0.05) is 27.3 Å². The lowest BCUT2D eigenvalue weighted by molar-refractivity contribution is 0.112. The zero-order valence-corrected chi connectivity index (χ0v) is 9.21. The largest absolute Gasteiger partial charge is 0.385 e. The molecular weight excluding hydrogens is 200 g/mol. The van der Waals surface area contributed by atoms with Crippen LogP contribution in [0.4, 0.5) is 5.13 Å². The molecule has 78 valence electrons. The van der Waals surface area contributed by atoms with Crippen LogP contribution in [0.5, 0.6) is 0 Å². The van der Waals surface area contributed by atoms with Gasteiger partial charge in [0.2, 0.25) is 0 Å². The molecule has 0 spiro atoms. The fraction of sp³-hybridized carbons (Fsp3) is 0.556. The molecule has 0 aliphatic rings. The van der Waals surface area contributed by atoms with Gasteiger partial charge in [0.25, 0.3) is 0 Å². The summed E-state index contributed by atoms with van der Waals surface area (Å²) in [6, 6.07) is 0. The standard InChI is InChI=1S/C9H14N2O2S/c1-11(4-3-5-13-2)9-10-6-8(7-12)14-9/h6-7H,3-5H2,1-2H3. The first-order valence-electron chi connectivity index (χ1n) is 4.39. The number of hydrogen-bond acceptors (Lipinski definition) is 5. The van der Waals surface area contributed by atoms with Crippen LogP contribution in [-0.4, -0.2) is 38.6 Å². The van der Waals surface area contributed by atoms with Crippen molar-refractivity contribution in [1.82, 2.24) is 4.98 Å². The molecule has 0 unspecified atom stereocenters. The highest BCUT2D eigenvalue weighted by atomic mass is 32.1. The Morgan fingerprint density at radius 2 is 2.50 bits per heavy atom. The number of aromatic nitrogens is 1. The Morgan fingerprint density at radius 3 is 3.07 bits per heavy atom. The third-order valence-corrected chi connectivity index (χ3v) is 2.83. The van der Waals surface area contributed by atoms with Crippen molar-refractivity contribution in [2.45, 2.75) is 6.42 Å². The SMILES string of the molecule is COCCCN(C)c1ncc(C=O)s1. The number of thiazole rings is 1. The molecule has 1 rings (SSSR count). The smallest absolute Gasteiger partial charge is 0.185 e. The fourth-order valence-electron chi connectivity index (χ4n) is 1.05. The summed E-state index contributed by atoms with van der Waals surface area (Å²) in [7, 11) is 3.65. The molecule has 0 radical (unpaired) electrons. The van der Waals surface area contributed by atoms with Crippen LogP contribution in [0.3, 0.4) is 0 Å².